The third-order valence-corrected chi connectivity index (χ3v) is 26.2. The van der Waals surface area contributed by atoms with Crippen LogP contribution in [-0.4, -0.2) is 26.8 Å². The highest BCUT2D eigenvalue weighted by molar-refractivity contribution is 7.23. The Balaban J connectivity index is 0.775. The maximum absolute atomic E-state index is 5.35. The summed E-state index contributed by atoms with van der Waals surface area (Å²) >= 11 is 0. The van der Waals surface area contributed by atoms with Crippen LogP contribution in [0.1, 0.15) is 18.1 Å². The molecule has 362 valence electrons. The van der Waals surface area contributed by atoms with Crippen LogP contribution in [0.15, 0.2) is 291 Å². The lowest BCUT2D eigenvalue weighted by Gasteiger charge is -2.31. The molecule has 1 aromatic heterocycles. The number of fused-ring (bicyclic) bond motifs is 7. The molecule has 4 heteroatoms. The zero-order valence-electron chi connectivity index (χ0n) is 42.7. The summed E-state index contributed by atoms with van der Waals surface area (Å²) in [6.45, 7) is 6.30. The van der Waals surface area contributed by atoms with E-state index in [1.165, 1.54) is 86.0 Å². The third-order valence-electron chi connectivity index (χ3n) is 16.4. The van der Waals surface area contributed by atoms with Gasteiger partial charge in [-0.25, -0.2) is 4.98 Å². The summed E-state index contributed by atoms with van der Waals surface area (Å²) in [6, 6.07) is 104. The molecule has 0 unspecified atom stereocenters. The van der Waals surface area contributed by atoms with Gasteiger partial charge in [-0.15, -0.1) is 0 Å². The van der Waals surface area contributed by atoms with Crippen molar-refractivity contribution in [2.24, 2.45) is 4.99 Å². The van der Waals surface area contributed by atoms with E-state index in [0.717, 1.165) is 44.7 Å². The molecule has 2 aliphatic rings. The molecule has 0 spiro atoms. The van der Waals surface area contributed by atoms with Crippen LogP contribution in [0, 0.1) is 0 Å². The van der Waals surface area contributed by atoms with E-state index in [0.29, 0.717) is 0 Å². The average molecular weight is 1010 g/mol. The van der Waals surface area contributed by atoms with Gasteiger partial charge >= 0.3 is 0 Å². The Kier molecular flexibility index (Phi) is 11.3. The molecule has 0 radical (unpaired) electrons. The lowest BCUT2D eigenvalue weighted by Crippen LogP contribution is -2.72. The number of benzene rings is 11. The standard InChI is InChI=1S/C73H52N2Si2/c1-3-51-32-41-56-42-45-67(55-39-37-54(38-40-55)58-44-47-71-66(49-58)64-29-17-19-31-69(64)77(71,61-24-12-6-13-25-61)62-26-14-7-15-27-62)75-73(56)72(51)74-50(2)52-33-35-53(36-34-52)57-43-46-70-65(48-57)63-28-16-18-30-68(63)76(70,59-20-8-4-9-21-59)60-22-10-5-11-23-60/h3-49H,1H2,2H3/b74-50+. The summed E-state index contributed by atoms with van der Waals surface area (Å²) in [5, 5.41) is 12.5. The Labute approximate surface area is 452 Å². The fourth-order valence-electron chi connectivity index (χ4n) is 12.9. The highest BCUT2D eigenvalue weighted by atomic mass is 28.3. The predicted molar refractivity (Wildman–Crippen MR) is 332 cm³/mol. The van der Waals surface area contributed by atoms with Crippen LogP contribution >= 0.6 is 0 Å². The lowest BCUT2D eigenvalue weighted by molar-refractivity contribution is 1.37. The van der Waals surface area contributed by atoms with Crippen molar-refractivity contribution in [2.75, 3.05) is 0 Å². The van der Waals surface area contributed by atoms with Crippen LogP contribution < -0.4 is 41.5 Å². The van der Waals surface area contributed by atoms with Crippen LogP contribution in [0.3, 0.4) is 0 Å². The Morgan fingerprint density at radius 1 is 0.377 bits per heavy atom. The summed E-state index contributed by atoms with van der Waals surface area (Å²) in [5.41, 5.74) is 16.6. The molecule has 11 aromatic carbocycles. The van der Waals surface area contributed by atoms with Gasteiger partial charge in [-0.3, -0.25) is 4.99 Å². The topological polar surface area (TPSA) is 25.2 Å². The fourth-order valence-corrected chi connectivity index (χ4v) is 23.2. The van der Waals surface area contributed by atoms with Gasteiger partial charge in [0.15, 0.2) is 16.1 Å². The van der Waals surface area contributed by atoms with E-state index >= 15 is 0 Å². The summed E-state index contributed by atoms with van der Waals surface area (Å²) in [4.78, 5) is 10.7. The van der Waals surface area contributed by atoms with Gasteiger partial charge in [0.2, 0.25) is 0 Å². The summed E-state index contributed by atoms with van der Waals surface area (Å²) < 4.78 is 0. The number of aromatic nitrogens is 1. The second kappa shape index (κ2) is 18.8. The molecule has 0 fully saturated rings. The molecule has 12 aromatic rings. The SMILES string of the molecule is C=Cc1ccc2ccc(-c3ccc(-c4ccc5c(c4)-c4ccccc4[Si]5(c4ccccc4)c4ccccc4)cc3)nc2c1/N=C(\C)c1ccc(-c2ccc3c(c2)-c2ccccc2[Si]3(c2ccccc2)c2ccccc2)cc1. The van der Waals surface area contributed by atoms with Crippen molar-refractivity contribution in [2.45, 2.75) is 6.92 Å². The van der Waals surface area contributed by atoms with E-state index in [4.69, 9.17) is 9.98 Å². The fraction of sp³-hybridized carbons (Fsp3) is 0.0137. The first-order chi connectivity index (χ1) is 38.0. The van der Waals surface area contributed by atoms with E-state index < -0.39 is 16.1 Å². The summed E-state index contributed by atoms with van der Waals surface area (Å²) in [7, 11) is -5.07. The molecule has 14 rings (SSSR count). The van der Waals surface area contributed by atoms with Crippen molar-refractivity contribution in [3.8, 4) is 55.8 Å². The largest absolute Gasteiger partial charge is 0.250 e. The van der Waals surface area contributed by atoms with Gasteiger partial charge in [0.25, 0.3) is 0 Å². The molecule has 0 saturated carbocycles. The average Bonchev–Trinajstić information content (AvgIpc) is 4.22. The van der Waals surface area contributed by atoms with Gasteiger partial charge in [0, 0.05) is 22.2 Å². The van der Waals surface area contributed by atoms with Gasteiger partial charge in [-0.2, -0.15) is 0 Å². The summed E-state index contributed by atoms with van der Waals surface area (Å²) in [5.74, 6) is 0. The quantitative estimate of drug-likeness (QED) is 0.0990. The molecule has 2 aliphatic heterocycles. The van der Waals surface area contributed by atoms with E-state index in [1.807, 2.05) is 6.08 Å². The van der Waals surface area contributed by atoms with Gasteiger partial charge in [-0.05, 0) is 117 Å². The first-order valence-corrected chi connectivity index (χ1v) is 30.6. The minimum atomic E-state index is -2.54. The normalized spacial score (nSPS) is 13.6. The third kappa shape index (κ3) is 7.36. The molecule has 77 heavy (non-hydrogen) atoms. The van der Waals surface area contributed by atoms with Crippen molar-refractivity contribution >= 4 is 86.0 Å². The van der Waals surface area contributed by atoms with Crippen molar-refractivity contribution in [3.05, 3.63) is 297 Å². The minimum Gasteiger partial charge on any atom is -0.250 e. The van der Waals surface area contributed by atoms with Gasteiger partial charge < -0.3 is 0 Å². The van der Waals surface area contributed by atoms with E-state index in [2.05, 4.69) is 293 Å². The Bertz CT molecular complexity index is 4190. The first kappa shape index (κ1) is 46.2. The zero-order valence-corrected chi connectivity index (χ0v) is 44.7. The first-order valence-electron chi connectivity index (χ1n) is 26.6. The Morgan fingerprint density at radius 2 is 0.766 bits per heavy atom. The molecule has 0 atom stereocenters. The maximum atomic E-state index is 5.35. The molecule has 0 saturated heterocycles. The predicted octanol–water partition coefficient (Wildman–Crippen LogP) is 12.7. The van der Waals surface area contributed by atoms with E-state index in [9.17, 15) is 0 Å². The second-order valence-electron chi connectivity index (χ2n) is 20.4. The molecule has 2 nitrogen and oxygen atoms in total. The van der Waals surface area contributed by atoms with E-state index in [-0.39, 0.29) is 0 Å². The molecule has 0 bridgehead atoms. The number of rotatable bonds is 10. The zero-order chi connectivity index (χ0) is 51.5. The number of hydrogen-bond donors (Lipinski definition) is 0. The minimum absolute atomic E-state index is 0.823. The highest BCUT2D eigenvalue weighted by Gasteiger charge is 2.50. The summed E-state index contributed by atoms with van der Waals surface area (Å²) in [6.07, 6.45) is 1.89. The lowest BCUT2D eigenvalue weighted by atomic mass is 9.98. The van der Waals surface area contributed by atoms with Crippen LogP contribution in [0.2, 0.25) is 0 Å². The Hall–Kier alpha value is -9.33. The van der Waals surface area contributed by atoms with Gasteiger partial charge in [0.05, 0.1) is 16.9 Å². The van der Waals surface area contributed by atoms with Crippen molar-refractivity contribution < 1.29 is 0 Å². The van der Waals surface area contributed by atoms with E-state index in [1.54, 1.807) is 0 Å². The van der Waals surface area contributed by atoms with Gasteiger partial charge in [0.1, 0.15) is 0 Å². The number of pyridine rings is 1. The maximum Gasteiger partial charge on any atom is 0.180 e. The monoisotopic (exact) mass is 1010 g/mol. The van der Waals surface area contributed by atoms with Crippen molar-refractivity contribution in [1.29, 1.82) is 0 Å². The molecular weight excluding hydrogens is 961 g/mol. The number of aliphatic imine (C=N–C) groups is 1. The van der Waals surface area contributed by atoms with Crippen LogP contribution in [0.4, 0.5) is 5.69 Å². The van der Waals surface area contributed by atoms with Crippen LogP contribution in [-0.2, 0) is 0 Å². The molecule has 0 amide bonds. The van der Waals surface area contributed by atoms with Crippen LogP contribution in [0.25, 0.3) is 72.7 Å². The number of hydrogen-bond acceptors (Lipinski definition) is 2. The molecule has 0 aliphatic carbocycles. The van der Waals surface area contributed by atoms with Crippen molar-refractivity contribution in [3.63, 3.8) is 0 Å². The molecule has 3 heterocycles. The molecular formula is C73H52N2Si2. The smallest absolute Gasteiger partial charge is 0.180 e. The van der Waals surface area contributed by atoms with Crippen LogP contribution in [0.5, 0.6) is 0 Å². The second-order valence-corrected chi connectivity index (χ2v) is 27.9. The number of nitrogens with zero attached hydrogens (tertiary/aromatic N) is 2. The molecule has 0 N–H and O–H groups in total. The van der Waals surface area contributed by atoms with Crippen molar-refractivity contribution in [1.82, 2.24) is 4.98 Å². The highest BCUT2D eigenvalue weighted by Crippen LogP contribution is 2.37. The van der Waals surface area contributed by atoms with Gasteiger partial charge in [-0.1, -0.05) is 274 Å². The Morgan fingerprint density at radius 3 is 1.23 bits per heavy atom.